The topological polar surface area (TPSA) is 97.8 Å². The molecule has 2 aromatic carbocycles. The van der Waals surface area contributed by atoms with Crippen LogP contribution < -0.4 is 14.6 Å². The predicted molar refractivity (Wildman–Crippen MR) is 126 cm³/mol. The summed E-state index contributed by atoms with van der Waals surface area (Å²) in [5.41, 5.74) is 3.12. The van der Waals surface area contributed by atoms with Gasteiger partial charge in [0, 0.05) is 12.4 Å². The number of nitrogens with zero attached hydrogens (tertiary/aromatic N) is 2. The van der Waals surface area contributed by atoms with Crippen LogP contribution in [0.15, 0.2) is 65.8 Å². The Bertz CT molecular complexity index is 1210. The summed E-state index contributed by atoms with van der Waals surface area (Å²) < 4.78 is 36.7. The van der Waals surface area contributed by atoms with E-state index in [1.165, 1.54) is 31.4 Å². The molecule has 0 radical (unpaired) electrons. The molecule has 1 heterocycles. The molecule has 3 rings (SSSR count). The first kappa shape index (κ1) is 24.2. The molecule has 0 aliphatic heterocycles. The Morgan fingerprint density at radius 1 is 1.09 bits per heavy atom. The summed E-state index contributed by atoms with van der Waals surface area (Å²) in [6.07, 6.45) is 3.99. The molecule has 0 unspecified atom stereocenters. The Hall–Kier alpha value is -3.43. The minimum absolute atomic E-state index is 0.0573. The van der Waals surface area contributed by atoms with Gasteiger partial charge in [0.1, 0.15) is 5.75 Å². The van der Waals surface area contributed by atoms with Crippen LogP contribution in [0.1, 0.15) is 34.0 Å². The molecule has 0 bridgehead atoms. The predicted octanol–water partition coefficient (Wildman–Crippen LogP) is 3.65. The molecule has 33 heavy (non-hydrogen) atoms. The number of nitrogens with one attached hydrogen (secondary N) is 1. The molecule has 0 aliphatic rings. The van der Waals surface area contributed by atoms with Crippen LogP contribution in [-0.4, -0.2) is 33.6 Å². The number of methoxy groups -OCH3 is 2. The van der Waals surface area contributed by atoms with Crippen LogP contribution in [0.5, 0.6) is 5.75 Å². The second-order valence-electron chi connectivity index (χ2n) is 7.37. The number of hydrazine groups is 1. The number of carbonyl (C=O) groups excluding carboxylic acids is 1. The number of pyridine rings is 1. The lowest BCUT2D eigenvalue weighted by Crippen LogP contribution is -2.43. The van der Waals surface area contributed by atoms with Crippen molar-refractivity contribution in [3.63, 3.8) is 0 Å². The van der Waals surface area contributed by atoms with Gasteiger partial charge >= 0.3 is 5.97 Å². The molecule has 0 amide bonds. The molecule has 0 aliphatic carbocycles. The Morgan fingerprint density at radius 2 is 1.82 bits per heavy atom. The van der Waals surface area contributed by atoms with Gasteiger partial charge in [-0.05, 0) is 66.4 Å². The summed E-state index contributed by atoms with van der Waals surface area (Å²) in [7, 11) is -1.18. The average molecular weight is 470 g/mol. The van der Waals surface area contributed by atoms with Crippen LogP contribution in [0, 0.1) is 6.92 Å². The normalized spacial score (nSPS) is 11.2. The fourth-order valence-electron chi connectivity index (χ4n) is 3.47. The van der Waals surface area contributed by atoms with E-state index in [0.29, 0.717) is 17.9 Å². The zero-order valence-corrected chi connectivity index (χ0v) is 19.8. The van der Waals surface area contributed by atoms with Crippen molar-refractivity contribution in [1.82, 2.24) is 9.82 Å². The Labute approximate surface area is 194 Å². The monoisotopic (exact) mass is 469 g/mol. The van der Waals surface area contributed by atoms with Gasteiger partial charge in [-0.25, -0.2) is 13.2 Å². The highest BCUT2D eigenvalue weighted by Gasteiger charge is 2.25. The molecule has 0 saturated heterocycles. The lowest BCUT2D eigenvalue weighted by atomic mass is 10.0. The van der Waals surface area contributed by atoms with E-state index in [-0.39, 0.29) is 17.0 Å². The van der Waals surface area contributed by atoms with Crippen molar-refractivity contribution >= 4 is 21.7 Å². The lowest BCUT2D eigenvalue weighted by molar-refractivity contribution is 0.0601. The van der Waals surface area contributed by atoms with E-state index in [4.69, 9.17) is 9.47 Å². The highest BCUT2D eigenvalue weighted by Crippen LogP contribution is 2.29. The van der Waals surface area contributed by atoms with Crippen LogP contribution in [0.4, 0.5) is 5.69 Å². The summed E-state index contributed by atoms with van der Waals surface area (Å²) in [5.74, 6) is -0.0108. The third kappa shape index (κ3) is 5.68. The average Bonchev–Trinajstić information content (AvgIpc) is 2.83. The lowest BCUT2D eigenvalue weighted by Gasteiger charge is -2.29. The molecule has 9 heteroatoms. The smallest absolute Gasteiger partial charge is 0.340 e. The number of aromatic nitrogens is 1. The van der Waals surface area contributed by atoms with E-state index in [1.807, 2.05) is 26.0 Å². The van der Waals surface area contributed by atoms with Crippen molar-refractivity contribution in [2.24, 2.45) is 0 Å². The van der Waals surface area contributed by atoms with Gasteiger partial charge in [0.25, 0.3) is 10.0 Å². The maximum Gasteiger partial charge on any atom is 0.340 e. The van der Waals surface area contributed by atoms with Crippen LogP contribution in [0.2, 0.25) is 0 Å². The first-order chi connectivity index (χ1) is 15.8. The zero-order valence-electron chi connectivity index (χ0n) is 19.0. The van der Waals surface area contributed by atoms with Gasteiger partial charge in [-0.1, -0.05) is 19.1 Å². The highest BCUT2D eigenvalue weighted by atomic mass is 32.2. The van der Waals surface area contributed by atoms with Crippen LogP contribution in [-0.2, 0) is 27.7 Å². The molecule has 0 saturated carbocycles. The van der Waals surface area contributed by atoms with Crippen molar-refractivity contribution in [2.75, 3.05) is 19.2 Å². The number of sulfonamides is 1. The van der Waals surface area contributed by atoms with Gasteiger partial charge in [0.15, 0.2) is 0 Å². The van der Waals surface area contributed by atoms with Crippen LogP contribution in [0.3, 0.4) is 0 Å². The van der Waals surface area contributed by atoms with Gasteiger partial charge < -0.3 is 9.47 Å². The second kappa shape index (κ2) is 10.5. The van der Waals surface area contributed by atoms with E-state index in [9.17, 15) is 13.2 Å². The molecule has 0 atom stereocenters. The highest BCUT2D eigenvalue weighted by molar-refractivity contribution is 7.89. The number of hydrogen-bond acceptors (Lipinski definition) is 7. The fourth-order valence-corrected chi connectivity index (χ4v) is 4.51. The van der Waals surface area contributed by atoms with Gasteiger partial charge in [0.05, 0.1) is 36.9 Å². The van der Waals surface area contributed by atoms with E-state index in [0.717, 1.165) is 16.7 Å². The van der Waals surface area contributed by atoms with Gasteiger partial charge in [-0.2, -0.15) is 0 Å². The summed E-state index contributed by atoms with van der Waals surface area (Å²) in [6, 6.07) is 13.3. The molecular weight excluding hydrogens is 442 g/mol. The van der Waals surface area contributed by atoms with Gasteiger partial charge in [-0.3, -0.25) is 9.99 Å². The molecule has 3 aromatic rings. The Morgan fingerprint density at radius 3 is 2.39 bits per heavy atom. The third-order valence-corrected chi connectivity index (χ3v) is 6.46. The fraction of sp³-hybridized carbons (Fsp3) is 0.250. The number of carbonyl (C=O) groups is 1. The molecular formula is C24H27N3O5S. The van der Waals surface area contributed by atoms with E-state index >= 15 is 0 Å². The molecule has 0 fully saturated rings. The van der Waals surface area contributed by atoms with E-state index < -0.39 is 16.0 Å². The largest absolute Gasteiger partial charge is 0.497 e. The van der Waals surface area contributed by atoms with E-state index in [1.54, 1.807) is 36.7 Å². The summed E-state index contributed by atoms with van der Waals surface area (Å²) in [4.78, 5) is 19.5. The number of hydrogen-bond donors (Lipinski definition) is 1. The van der Waals surface area contributed by atoms with Crippen LogP contribution >= 0.6 is 0 Å². The molecule has 1 aromatic heterocycles. The van der Waals surface area contributed by atoms with Crippen molar-refractivity contribution in [3.8, 4) is 5.75 Å². The number of anilines is 1. The first-order valence-electron chi connectivity index (χ1n) is 10.3. The van der Waals surface area contributed by atoms with Crippen LogP contribution in [0.25, 0.3) is 0 Å². The number of benzene rings is 2. The van der Waals surface area contributed by atoms with Crippen molar-refractivity contribution < 1.29 is 22.7 Å². The zero-order chi connectivity index (χ0) is 24.0. The Balaban J connectivity index is 2.11. The van der Waals surface area contributed by atoms with Gasteiger partial charge in [0.2, 0.25) is 0 Å². The summed E-state index contributed by atoms with van der Waals surface area (Å²) >= 11 is 0. The summed E-state index contributed by atoms with van der Waals surface area (Å²) in [5, 5.41) is 1.44. The standard InChI is InChI=1S/C24H27N3O5S/c1-5-18-13-17(2)23(22(14-18)24(28)32-4)27(16-19-7-6-12-25-15-19)26-33(29,30)21-10-8-20(31-3)9-11-21/h6-15,26H,5,16H2,1-4H3. The maximum atomic E-state index is 13.3. The molecule has 1 N–H and O–H groups in total. The van der Waals surface area contributed by atoms with Gasteiger partial charge in [-0.15, -0.1) is 4.83 Å². The minimum Gasteiger partial charge on any atom is -0.497 e. The second-order valence-corrected chi connectivity index (χ2v) is 9.03. The number of ether oxygens (including phenoxy) is 2. The minimum atomic E-state index is -3.99. The first-order valence-corrected chi connectivity index (χ1v) is 11.8. The number of rotatable bonds is 9. The number of aryl methyl sites for hydroxylation is 2. The third-order valence-electron chi connectivity index (χ3n) is 5.11. The number of esters is 1. The molecule has 0 spiro atoms. The van der Waals surface area contributed by atoms with E-state index in [2.05, 4.69) is 9.82 Å². The maximum absolute atomic E-state index is 13.3. The summed E-state index contributed by atoms with van der Waals surface area (Å²) in [6.45, 7) is 3.95. The quantitative estimate of drug-likeness (QED) is 0.377. The Kier molecular flexibility index (Phi) is 7.67. The van der Waals surface area contributed by atoms with Crippen molar-refractivity contribution in [2.45, 2.75) is 31.7 Å². The molecule has 174 valence electrons. The van der Waals surface area contributed by atoms with Crippen molar-refractivity contribution in [1.29, 1.82) is 0 Å². The SMILES string of the molecule is CCc1cc(C)c(N(Cc2cccnc2)NS(=O)(=O)c2ccc(OC)cc2)c(C(=O)OC)c1. The molecule has 8 nitrogen and oxygen atoms in total. The van der Waals surface area contributed by atoms with Crippen molar-refractivity contribution in [3.05, 3.63) is 83.2 Å².